The molecule has 0 fully saturated rings. The lowest BCUT2D eigenvalue weighted by Gasteiger charge is -2.06. The van der Waals surface area contributed by atoms with Crippen LogP contribution in [0.1, 0.15) is 19.4 Å². The minimum Gasteiger partial charge on any atom is -0.504 e. The maximum absolute atomic E-state index is 9.80. The van der Waals surface area contributed by atoms with Crippen molar-refractivity contribution in [3.8, 4) is 28.6 Å². The summed E-state index contributed by atoms with van der Waals surface area (Å²) in [5.41, 5.74) is 1.61. The van der Waals surface area contributed by atoms with Crippen LogP contribution < -0.4 is 9.47 Å². The fraction of sp³-hybridized carbons (Fsp3) is 0.211. The topological polar surface area (TPSA) is 84.7 Å². The molecule has 7 nitrogen and oxygen atoms in total. The first-order valence-corrected chi connectivity index (χ1v) is 8.94. The summed E-state index contributed by atoms with van der Waals surface area (Å²) in [5, 5.41) is 21.2. The van der Waals surface area contributed by atoms with E-state index >= 15 is 0 Å². The number of hydrogen-bond donors (Lipinski definition) is 2. The summed E-state index contributed by atoms with van der Waals surface area (Å²) < 4.78 is 12.8. The second kappa shape index (κ2) is 8.50. The number of hydrogen-bond acceptors (Lipinski definition) is 6. The van der Waals surface area contributed by atoms with Gasteiger partial charge in [0, 0.05) is 5.56 Å². The highest BCUT2D eigenvalue weighted by Gasteiger charge is 2.09. The summed E-state index contributed by atoms with van der Waals surface area (Å²) in [6.07, 6.45) is 1.63. The summed E-state index contributed by atoms with van der Waals surface area (Å²) in [4.78, 5) is 0. The highest BCUT2D eigenvalue weighted by atomic mass is 32.1. The molecule has 0 aliphatic carbocycles. The number of aromatic amines is 1. The third-order valence-electron chi connectivity index (χ3n) is 3.68. The Morgan fingerprint density at radius 2 is 1.89 bits per heavy atom. The van der Waals surface area contributed by atoms with Crippen LogP contribution >= 0.6 is 12.2 Å². The zero-order chi connectivity index (χ0) is 19.2. The third-order valence-corrected chi connectivity index (χ3v) is 3.94. The van der Waals surface area contributed by atoms with E-state index < -0.39 is 0 Å². The second-order valence-electron chi connectivity index (χ2n) is 5.53. The van der Waals surface area contributed by atoms with Crippen molar-refractivity contribution in [3.63, 3.8) is 0 Å². The maximum atomic E-state index is 9.80. The maximum Gasteiger partial charge on any atom is 0.216 e. The van der Waals surface area contributed by atoms with E-state index in [0.717, 1.165) is 16.9 Å². The van der Waals surface area contributed by atoms with E-state index in [4.69, 9.17) is 21.7 Å². The van der Waals surface area contributed by atoms with Gasteiger partial charge < -0.3 is 14.6 Å². The molecule has 3 aromatic rings. The van der Waals surface area contributed by atoms with Crippen LogP contribution in [0.15, 0.2) is 47.6 Å². The number of aromatic hydroxyl groups is 1. The predicted molar refractivity (Wildman–Crippen MR) is 106 cm³/mol. The van der Waals surface area contributed by atoms with Crippen LogP contribution in [-0.4, -0.2) is 39.4 Å². The van der Waals surface area contributed by atoms with Gasteiger partial charge in [0.15, 0.2) is 17.3 Å². The first kappa shape index (κ1) is 18.7. The molecule has 1 heterocycles. The van der Waals surface area contributed by atoms with Gasteiger partial charge in [0.05, 0.1) is 19.4 Å². The fourth-order valence-electron chi connectivity index (χ4n) is 2.46. The summed E-state index contributed by atoms with van der Waals surface area (Å²) in [5.74, 6) is 1.87. The summed E-state index contributed by atoms with van der Waals surface area (Å²) >= 11 is 5.29. The molecular formula is C19H20N4O3S. The number of benzene rings is 2. The van der Waals surface area contributed by atoms with Crippen molar-refractivity contribution in [1.29, 1.82) is 0 Å². The molecule has 8 heteroatoms. The number of nitrogens with one attached hydrogen (secondary N) is 1. The van der Waals surface area contributed by atoms with Gasteiger partial charge in [-0.25, -0.2) is 5.10 Å². The average molecular weight is 384 g/mol. The number of phenols is 1. The molecule has 0 saturated carbocycles. The minimum atomic E-state index is 0.0870. The molecule has 0 saturated heterocycles. The van der Waals surface area contributed by atoms with E-state index in [1.165, 1.54) is 4.68 Å². The third kappa shape index (κ3) is 4.35. The number of ether oxygens (including phenoxy) is 2. The molecule has 0 atom stereocenters. The van der Waals surface area contributed by atoms with Crippen LogP contribution in [0.4, 0.5) is 0 Å². The monoisotopic (exact) mass is 384 g/mol. The predicted octanol–water partition coefficient (Wildman–Crippen LogP) is 3.99. The Morgan fingerprint density at radius 1 is 1.15 bits per heavy atom. The van der Waals surface area contributed by atoms with Crippen LogP contribution in [-0.2, 0) is 0 Å². The molecule has 0 aliphatic heterocycles. The zero-order valence-electron chi connectivity index (χ0n) is 15.0. The van der Waals surface area contributed by atoms with Crippen LogP contribution in [0, 0.1) is 4.77 Å². The van der Waals surface area contributed by atoms with E-state index in [1.54, 1.807) is 24.4 Å². The molecule has 0 bridgehead atoms. The van der Waals surface area contributed by atoms with E-state index in [0.29, 0.717) is 29.6 Å². The van der Waals surface area contributed by atoms with Crippen molar-refractivity contribution in [3.05, 3.63) is 52.8 Å². The standard InChI is InChI=1S/C19H20N4O3S/c1-3-25-15-8-6-14(7-9-15)18-21-22-19(27)23(18)20-12-13-5-10-16(24)17(11-13)26-4-2/h5-12,24H,3-4H2,1-2H3,(H,22,27)/b20-12-. The molecule has 2 N–H and O–H groups in total. The van der Waals surface area contributed by atoms with Crippen molar-refractivity contribution in [2.24, 2.45) is 5.10 Å². The van der Waals surface area contributed by atoms with E-state index in [1.807, 2.05) is 38.1 Å². The largest absolute Gasteiger partial charge is 0.504 e. The van der Waals surface area contributed by atoms with Gasteiger partial charge in [0.2, 0.25) is 4.77 Å². The molecular weight excluding hydrogens is 364 g/mol. The summed E-state index contributed by atoms with van der Waals surface area (Å²) in [6.45, 7) is 4.86. The van der Waals surface area contributed by atoms with Crippen molar-refractivity contribution < 1.29 is 14.6 Å². The Labute approximate surface area is 161 Å². The van der Waals surface area contributed by atoms with Gasteiger partial charge in [0.1, 0.15) is 5.75 Å². The lowest BCUT2D eigenvalue weighted by molar-refractivity contribution is 0.318. The highest BCUT2D eigenvalue weighted by molar-refractivity contribution is 7.71. The fourth-order valence-corrected chi connectivity index (χ4v) is 2.64. The van der Waals surface area contributed by atoms with Crippen molar-refractivity contribution in [1.82, 2.24) is 14.9 Å². The SMILES string of the molecule is CCOc1ccc(-c2n[nH]c(=S)n2/N=C\c2ccc(O)c(OCC)c2)cc1. The Hall–Kier alpha value is -3.13. The van der Waals surface area contributed by atoms with E-state index in [-0.39, 0.29) is 5.75 Å². The van der Waals surface area contributed by atoms with E-state index in [9.17, 15) is 5.11 Å². The number of H-pyrrole nitrogens is 1. The summed E-state index contributed by atoms with van der Waals surface area (Å²) in [7, 11) is 0. The van der Waals surface area contributed by atoms with Crippen molar-refractivity contribution >= 4 is 18.4 Å². The minimum absolute atomic E-state index is 0.0870. The Kier molecular flexibility index (Phi) is 5.87. The van der Waals surface area contributed by atoms with Crippen molar-refractivity contribution in [2.45, 2.75) is 13.8 Å². The first-order chi connectivity index (χ1) is 13.1. The van der Waals surface area contributed by atoms with Crippen molar-refractivity contribution in [2.75, 3.05) is 13.2 Å². The molecule has 0 unspecified atom stereocenters. The summed E-state index contributed by atoms with van der Waals surface area (Å²) in [6, 6.07) is 12.6. The van der Waals surface area contributed by atoms with Gasteiger partial charge in [-0.2, -0.15) is 14.9 Å². The highest BCUT2D eigenvalue weighted by Crippen LogP contribution is 2.26. The lowest BCUT2D eigenvalue weighted by atomic mass is 10.2. The molecule has 0 amide bonds. The zero-order valence-corrected chi connectivity index (χ0v) is 15.9. The van der Waals surface area contributed by atoms with Gasteiger partial charge in [-0.1, -0.05) is 0 Å². The number of rotatable bonds is 7. The van der Waals surface area contributed by atoms with Crippen LogP contribution in [0.25, 0.3) is 11.4 Å². The molecule has 2 aromatic carbocycles. The molecule has 0 radical (unpaired) electrons. The van der Waals surface area contributed by atoms with Crippen LogP contribution in [0.3, 0.4) is 0 Å². The first-order valence-electron chi connectivity index (χ1n) is 8.53. The molecule has 3 rings (SSSR count). The molecule has 27 heavy (non-hydrogen) atoms. The molecule has 140 valence electrons. The molecule has 0 aliphatic rings. The quantitative estimate of drug-likeness (QED) is 0.475. The average Bonchev–Trinajstić information content (AvgIpc) is 3.04. The smallest absolute Gasteiger partial charge is 0.216 e. The molecule has 1 aromatic heterocycles. The van der Waals surface area contributed by atoms with E-state index in [2.05, 4.69) is 15.3 Å². The van der Waals surface area contributed by atoms with Gasteiger partial charge in [-0.15, -0.1) is 0 Å². The van der Waals surface area contributed by atoms with Crippen LogP contribution in [0.2, 0.25) is 0 Å². The molecule has 0 spiro atoms. The number of nitrogens with zero attached hydrogens (tertiary/aromatic N) is 3. The van der Waals surface area contributed by atoms with Gasteiger partial charge in [0.25, 0.3) is 0 Å². The Balaban J connectivity index is 1.90. The Bertz CT molecular complexity index is 993. The normalized spacial score (nSPS) is 11.0. The van der Waals surface area contributed by atoms with Gasteiger partial charge >= 0.3 is 0 Å². The number of phenolic OH excluding ortho intramolecular Hbond substituents is 1. The van der Waals surface area contributed by atoms with Gasteiger partial charge in [-0.3, -0.25) is 0 Å². The lowest BCUT2D eigenvalue weighted by Crippen LogP contribution is -1.97. The number of aromatic nitrogens is 3. The van der Waals surface area contributed by atoms with Crippen LogP contribution in [0.5, 0.6) is 17.2 Å². The Morgan fingerprint density at radius 3 is 2.59 bits per heavy atom. The van der Waals surface area contributed by atoms with Gasteiger partial charge in [-0.05, 0) is 74.1 Å². The second-order valence-corrected chi connectivity index (χ2v) is 5.91.